The molecule has 0 fully saturated rings. The summed E-state index contributed by atoms with van der Waals surface area (Å²) in [5.74, 6) is 0. The number of aryl methyl sites for hydroxylation is 2. The van der Waals surface area contributed by atoms with Crippen molar-refractivity contribution in [2.75, 3.05) is 7.05 Å². The van der Waals surface area contributed by atoms with Gasteiger partial charge >= 0.3 is 0 Å². The van der Waals surface area contributed by atoms with Crippen molar-refractivity contribution in [3.63, 3.8) is 0 Å². The molecule has 1 atom stereocenters. The number of hydrogen-bond donors (Lipinski definition) is 1. The van der Waals surface area contributed by atoms with Crippen molar-refractivity contribution < 1.29 is 0 Å². The van der Waals surface area contributed by atoms with E-state index in [0.29, 0.717) is 11.5 Å². The zero-order chi connectivity index (χ0) is 13.1. The molecular weight excluding hydrogens is 210 g/mol. The summed E-state index contributed by atoms with van der Waals surface area (Å²) >= 11 is 0. The Morgan fingerprint density at radius 3 is 2.47 bits per heavy atom. The van der Waals surface area contributed by atoms with Gasteiger partial charge in [-0.2, -0.15) is 5.10 Å². The van der Waals surface area contributed by atoms with Crippen molar-refractivity contribution in [2.24, 2.45) is 12.5 Å². The van der Waals surface area contributed by atoms with Crippen LogP contribution in [0, 0.1) is 5.41 Å². The van der Waals surface area contributed by atoms with Gasteiger partial charge in [-0.05, 0) is 31.4 Å². The van der Waals surface area contributed by atoms with Gasteiger partial charge in [0, 0.05) is 25.2 Å². The van der Waals surface area contributed by atoms with E-state index >= 15 is 0 Å². The monoisotopic (exact) mass is 237 g/mol. The number of likely N-dealkylation sites (N-methyl/N-ethyl adjacent to an activating group) is 1. The molecular formula is C14H27N3. The number of nitrogens with one attached hydrogen (secondary N) is 1. The van der Waals surface area contributed by atoms with Crippen LogP contribution in [0.25, 0.3) is 0 Å². The van der Waals surface area contributed by atoms with Crippen molar-refractivity contribution in [3.05, 3.63) is 17.5 Å². The first-order valence-electron chi connectivity index (χ1n) is 6.63. The molecule has 3 nitrogen and oxygen atoms in total. The summed E-state index contributed by atoms with van der Waals surface area (Å²) in [6.45, 7) is 9.05. The molecule has 0 aliphatic carbocycles. The highest BCUT2D eigenvalue weighted by Gasteiger charge is 2.27. The molecule has 3 heteroatoms. The largest absolute Gasteiger partial charge is 0.316 e. The smallest absolute Gasteiger partial charge is 0.0624 e. The Balaban J connectivity index is 2.84. The zero-order valence-electron chi connectivity index (χ0n) is 12.2. The van der Waals surface area contributed by atoms with Crippen LogP contribution < -0.4 is 5.32 Å². The lowest BCUT2D eigenvalue weighted by atomic mass is 9.79. The maximum absolute atomic E-state index is 4.51. The van der Waals surface area contributed by atoms with Crippen LogP contribution in [0.2, 0.25) is 0 Å². The molecule has 0 saturated heterocycles. The third-order valence-corrected chi connectivity index (χ3v) is 4.01. The number of aromatic nitrogens is 2. The Bertz CT molecular complexity index is 352. The third kappa shape index (κ3) is 3.32. The van der Waals surface area contributed by atoms with Crippen LogP contribution in [0.5, 0.6) is 0 Å². The van der Waals surface area contributed by atoms with Gasteiger partial charge in [-0.3, -0.25) is 4.68 Å². The molecule has 0 aliphatic heterocycles. The molecule has 1 heterocycles. The fourth-order valence-electron chi connectivity index (χ4n) is 2.16. The van der Waals surface area contributed by atoms with Gasteiger partial charge in [0.25, 0.3) is 0 Å². The minimum atomic E-state index is 0.311. The molecule has 1 rings (SSSR count). The zero-order valence-corrected chi connectivity index (χ0v) is 12.2. The second-order valence-electron chi connectivity index (χ2n) is 5.49. The lowest BCUT2D eigenvalue weighted by Crippen LogP contribution is -2.41. The van der Waals surface area contributed by atoms with Crippen LogP contribution in [-0.2, 0) is 19.9 Å². The fourth-order valence-corrected chi connectivity index (χ4v) is 2.16. The summed E-state index contributed by atoms with van der Waals surface area (Å²) in [6, 6.07) is 2.73. The molecule has 0 radical (unpaired) electrons. The second kappa shape index (κ2) is 5.67. The van der Waals surface area contributed by atoms with Gasteiger partial charge in [0.15, 0.2) is 0 Å². The first-order chi connectivity index (χ1) is 7.94. The van der Waals surface area contributed by atoms with Gasteiger partial charge < -0.3 is 5.32 Å². The minimum Gasteiger partial charge on any atom is -0.316 e. The standard InChI is InChI=1S/C14H27N3/c1-7-11-9-12(17(6)16-11)10-13(15-5)14(3,4)8-2/h9,13,15H,7-8,10H2,1-6H3. The Labute approximate surface area is 106 Å². The second-order valence-corrected chi connectivity index (χ2v) is 5.49. The fraction of sp³-hybridized carbons (Fsp3) is 0.786. The summed E-state index contributed by atoms with van der Waals surface area (Å²) in [5.41, 5.74) is 2.82. The summed E-state index contributed by atoms with van der Waals surface area (Å²) in [7, 11) is 4.10. The maximum atomic E-state index is 4.51. The molecule has 0 spiro atoms. The van der Waals surface area contributed by atoms with Gasteiger partial charge in [0.05, 0.1) is 5.69 Å². The van der Waals surface area contributed by atoms with Crippen molar-refractivity contribution >= 4 is 0 Å². The average molecular weight is 237 g/mol. The lowest BCUT2D eigenvalue weighted by Gasteiger charge is -2.33. The van der Waals surface area contributed by atoms with Crippen molar-refractivity contribution in [3.8, 4) is 0 Å². The topological polar surface area (TPSA) is 29.9 Å². The Morgan fingerprint density at radius 1 is 1.41 bits per heavy atom. The van der Waals surface area contributed by atoms with E-state index in [2.05, 4.69) is 51.2 Å². The predicted octanol–water partition coefficient (Wildman–Crippen LogP) is 2.55. The maximum Gasteiger partial charge on any atom is 0.0624 e. The predicted molar refractivity (Wildman–Crippen MR) is 73.2 cm³/mol. The summed E-state index contributed by atoms with van der Waals surface area (Å²) in [6.07, 6.45) is 3.23. The molecule has 1 aromatic rings. The molecule has 0 bridgehead atoms. The van der Waals surface area contributed by atoms with Crippen LogP contribution >= 0.6 is 0 Å². The first-order valence-corrected chi connectivity index (χ1v) is 6.63. The SMILES string of the molecule is CCc1cc(CC(NC)C(C)(C)CC)n(C)n1. The highest BCUT2D eigenvalue weighted by molar-refractivity contribution is 5.12. The van der Waals surface area contributed by atoms with E-state index in [9.17, 15) is 0 Å². The van der Waals surface area contributed by atoms with Crippen LogP contribution in [0.15, 0.2) is 6.07 Å². The number of rotatable bonds is 6. The van der Waals surface area contributed by atoms with Crippen LogP contribution in [0.4, 0.5) is 0 Å². The molecule has 1 unspecified atom stereocenters. The molecule has 0 amide bonds. The van der Waals surface area contributed by atoms with Crippen LogP contribution in [0.3, 0.4) is 0 Å². The van der Waals surface area contributed by atoms with E-state index in [4.69, 9.17) is 0 Å². The van der Waals surface area contributed by atoms with E-state index in [1.165, 1.54) is 17.8 Å². The Kier molecular flexibility index (Phi) is 4.75. The first kappa shape index (κ1) is 14.2. The van der Waals surface area contributed by atoms with Crippen LogP contribution in [0.1, 0.15) is 45.5 Å². The Morgan fingerprint density at radius 2 is 2.06 bits per heavy atom. The molecule has 1 aromatic heterocycles. The summed E-state index contributed by atoms with van der Waals surface area (Å²) < 4.78 is 2.02. The molecule has 1 N–H and O–H groups in total. The lowest BCUT2D eigenvalue weighted by molar-refractivity contribution is 0.238. The normalized spacial score (nSPS) is 14.0. The summed E-state index contributed by atoms with van der Waals surface area (Å²) in [5, 5.41) is 7.97. The summed E-state index contributed by atoms with van der Waals surface area (Å²) in [4.78, 5) is 0. The average Bonchev–Trinajstić information content (AvgIpc) is 2.66. The third-order valence-electron chi connectivity index (χ3n) is 4.01. The quantitative estimate of drug-likeness (QED) is 0.824. The van der Waals surface area contributed by atoms with E-state index in [1.807, 2.05) is 11.7 Å². The van der Waals surface area contributed by atoms with E-state index < -0.39 is 0 Å². The molecule has 17 heavy (non-hydrogen) atoms. The van der Waals surface area contributed by atoms with Gasteiger partial charge in [-0.25, -0.2) is 0 Å². The van der Waals surface area contributed by atoms with Crippen molar-refractivity contribution in [1.82, 2.24) is 15.1 Å². The van der Waals surface area contributed by atoms with Crippen molar-refractivity contribution in [1.29, 1.82) is 0 Å². The van der Waals surface area contributed by atoms with E-state index in [0.717, 1.165) is 12.8 Å². The minimum absolute atomic E-state index is 0.311. The molecule has 0 aromatic carbocycles. The van der Waals surface area contributed by atoms with Crippen LogP contribution in [-0.4, -0.2) is 22.9 Å². The molecule has 0 saturated carbocycles. The van der Waals surface area contributed by atoms with Crippen molar-refractivity contribution in [2.45, 2.75) is 53.0 Å². The van der Waals surface area contributed by atoms with E-state index in [1.54, 1.807) is 0 Å². The van der Waals surface area contributed by atoms with Gasteiger partial charge in [-0.1, -0.05) is 27.7 Å². The number of nitrogens with zero attached hydrogens (tertiary/aromatic N) is 2. The van der Waals surface area contributed by atoms with Gasteiger partial charge in [-0.15, -0.1) is 0 Å². The number of hydrogen-bond acceptors (Lipinski definition) is 2. The van der Waals surface area contributed by atoms with E-state index in [-0.39, 0.29) is 0 Å². The Hall–Kier alpha value is -0.830. The van der Waals surface area contributed by atoms with Gasteiger partial charge in [0.2, 0.25) is 0 Å². The van der Waals surface area contributed by atoms with Gasteiger partial charge in [0.1, 0.15) is 0 Å². The highest BCUT2D eigenvalue weighted by Crippen LogP contribution is 2.27. The highest BCUT2D eigenvalue weighted by atomic mass is 15.3. The molecule has 0 aliphatic rings. The molecule has 98 valence electrons.